The van der Waals surface area contributed by atoms with Gasteiger partial charge in [0.2, 0.25) is 5.76 Å². The van der Waals surface area contributed by atoms with E-state index in [2.05, 4.69) is 10.5 Å². The number of amides is 1. The maximum absolute atomic E-state index is 12.2. The van der Waals surface area contributed by atoms with E-state index in [0.717, 1.165) is 25.0 Å². The second-order valence-electron chi connectivity index (χ2n) is 6.52. The van der Waals surface area contributed by atoms with Gasteiger partial charge in [-0.1, -0.05) is 24.4 Å². The van der Waals surface area contributed by atoms with Gasteiger partial charge >= 0.3 is 0 Å². The molecule has 0 radical (unpaired) electrons. The predicted molar refractivity (Wildman–Crippen MR) is 79.4 cm³/mol. The standard InChI is InChI=1S/C16H24N2O4/c19-13-8-4-7-11(15(13)20)17-16(21)14-9-12(18-22-14)10-5-2-1-3-6-10/h9-11,13,15,19-20H,1-8H2,(H,17,21)/t11-,13-,15-/m1/s1. The lowest BCUT2D eigenvalue weighted by Gasteiger charge is -2.31. The van der Waals surface area contributed by atoms with Gasteiger partial charge < -0.3 is 20.1 Å². The topological polar surface area (TPSA) is 95.6 Å². The fourth-order valence-electron chi connectivity index (χ4n) is 3.54. The molecule has 2 aliphatic rings. The zero-order chi connectivity index (χ0) is 15.5. The minimum absolute atomic E-state index is 0.188. The molecule has 1 aromatic rings. The van der Waals surface area contributed by atoms with Gasteiger partial charge in [0.1, 0.15) is 6.10 Å². The van der Waals surface area contributed by atoms with Gasteiger partial charge in [-0.05, 0) is 32.1 Å². The Kier molecular flexibility index (Phi) is 4.78. The van der Waals surface area contributed by atoms with Crippen molar-refractivity contribution in [1.29, 1.82) is 0 Å². The molecule has 1 heterocycles. The smallest absolute Gasteiger partial charge is 0.290 e. The maximum atomic E-state index is 12.2. The van der Waals surface area contributed by atoms with E-state index < -0.39 is 18.2 Å². The van der Waals surface area contributed by atoms with E-state index in [0.29, 0.717) is 18.8 Å². The molecule has 22 heavy (non-hydrogen) atoms. The normalized spacial score (nSPS) is 30.2. The number of nitrogens with one attached hydrogen (secondary N) is 1. The number of hydrogen-bond acceptors (Lipinski definition) is 5. The molecule has 1 aromatic heterocycles. The highest BCUT2D eigenvalue weighted by Crippen LogP contribution is 2.32. The van der Waals surface area contributed by atoms with Crippen LogP contribution in [-0.2, 0) is 0 Å². The molecule has 0 bridgehead atoms. The first kappa shape index (κ1) is 15.5. The van der Waals surface area contributed by atoms with Gasteiger partial charge in [0.05, 0.1) is 17.8 Å². The Hall–Kier alpha value is -1.40. The van der Waals surface area contributed by atoms with Gasteiger partial charge in [0.15, 0.2) is 0 Å². The summed E-state index contributed by atoms with van der Waals surface area (Å²) in [6.45, 7) is 0. The number of carbonyl (C=O) groups excluding carboxylic acids is 1. The molecule has 2 aliphatic carbocycles. The van der Waals surface area contributed by atoms with Crippen molar-refractivity contribution in [3.8, 4) is 0 Å². The highest BCUT2D eigenvalue weighted by molar-refractivity contribution is 5.91. The molecule has 3 N–H and O–H groups in total. The van der Waals surface area contributed by atoms with Crippen molar-refractivity contribution in [2.45, 2.75) is 75.5 Å². The minimum Gasteiger partial charge on any atom is -0.390 e. The minimum atomic E-state index is -0.918. The number of nitrogens with zero attached hydrogens (tertiary/aromatic N) is 1. The number of carbonyl (C=O) groups is 1. The molecule has 0 aliphatic heterocycles. The van der Waals surface area contributed by atoms with Crippen LogP contribution in [0.25, 0.3) is 0 Å². The molecule has 1 amide bonds. The van der Waals surface area contributed by atoms with E-state index in [1.54, 1.807) is 6.07 Å². The molecule has 0 aromatic carbocycles. The van der Waals surface area contributed by atoms with Crippen LogP contribution in [0.15, 0.2) is 10.6 Å². The number of rotatable bonds is 3. The quantitative estimate of drug-likeness (QED) is 0.790. The Labute approximate surface area is 129 Å². The van der Waals surface area contributed by atoms with Crippen molar-refractivity contribution in [2.24, 2.45) is 0 Å². The highest BCUT2D eigenvalue weighted by Gasteiger charge is 2.32. The Morgan fingerprint density at radius 1 is 1.14 bits per heavy atom. The van der Waals surface area contributed by atoms with Crippen LogP contribution in [0.3, 0.4) is 0 Å². The van der Waals surface area contributed by atoms with Gasteiger partial charge in [-0.3, -0.25) is 4.79 Å². The molecular weight excluding hydrogens is 284 g/mol. The van der Waals surface area contributed by atoms with E-state index in [1.807, 2.05) is 0 Å². The Balaban J connectivity index is 1.61. The third-order valence-electron chi connectivity index (χ3n) is 4.91. The van der Waals surface area contributed by atoms with Gasteiger partial charge in [0, 0.05) is 12.0 Å². The summed E-state index contributed by atoms with van der Waals surface area (Å²) < 4.78 is 5.18. The lowest BCUT2D eigenvalue weighted by Crippen LogP contribution is -2.50. The lowest BCUT2D eigenvalue weighted by molar-refractivity contribution is -0.0280. The third-order valence-corrected chi connectivity index (χ3v) is 4.91. The van der Waals surface area contributed by atoms with Gasteiger partial charge in [0.25, 0.3) is 5.91 Å². The molecule has 2 fully saturated rings. The van der Waals surface area contributed by atoms with E-state index in [-0.39, 0.29) is 11.7 Å². The van der Waals surface area contributed by atoms with Gasteiger partial charge in [-0.15, -0.1) is 0 Å². The summed E-state index contributed by atoms with van der Waals surface area (Å²) in [5.41, 5.74) is 0.856. The zero-order valence-electron chi connectivity index (χ0n) is 12.7. The zero-order valence-corrected chi connectivity index (χ0v) is 12.7. The number of hydrogen-bond donors (Lipinski definition) is 3. The number of aromatic nitrogens is 1. The van der Waals surface area contributed by atoms with E-state index in [1.165, 1.54) is 19.3 Å². The molecule has 3 atom stereocenters. The second-order valence-corrected chi connectivity index (χ2v) is 6.52. The summed E-state index contributed by atoms with van der Waals surface area (Å²) in [5, 5.41) is 26.4. The molecule has 0 spiro atoms. The van der Waals surface area contributed by atoms with Crippen LogP contribution in [0, 0.1) is 0 Å². The number of aliphatic hydroxyl groups is 2. The average Bonchev–Trinajstić information content (AvgIpc) is 3.03. The first-order valence-corrected chi connectivity index (χ1v) is 8.29. The SMILES string of the molecule is O=C(N[C@@H]1CCC[C@@H](O)[C@@H]1O)c1cc(C2CCCCC2)no1. The van der Waals surface area contributed by atoms with Crippen LogP contribution in [0.4, 0.5) is 0 Å². The number of aliphatic hydroxyl groups excluding tert-OH is 2. The summed E-state index contributed by atoms with van der Waals surface area (Å²) in [4.78, 5) is 12.2. The van der Waals surface area contributed by atoms with Crippen molar-refractivity contribution < 1.29 is 19.5 Å². The fraction of sp³-hybridized carbons (Fsp3) is 0.750. The average molecular weight is 308 g/mol. The maximum Gasteiger partial charge on any atom is 0.290 e. The van der Waals surface area contributed by atoms with E-state index in [4.69, 9.17) is 4.52 Å². The van der Waals surface area contributed by atoms with Crippen molar-refractivity contribution >= 4 is 5.91 Å². The van der Waals surface area contributed by atoms with Crippen molar-refractivity contribution in [1.82, 2.24) is 10.5 Å². The summed E-state index contributed by atoms with van der Waals surface area (Å²) in [5.74, 6) is 0.210. The molecule has 3 rings (SSSR count). The summed E-state index contributed by atoms with van der Waals surface area (Å²) in [6.07, 6.45) is 6.19. The highest BCUT2D eigenvalue weighted by atomic mass is 16.5. The van der Waals surface area contributed by atoms with Crippen molar-refractivity contribution in [3.05, 3.63) is 17.5 Å². The van der Waals surface area contributed by atoms with Crippen LogP contribution >= 0.6 is 0 Å². The monoisotopic (exact) mass is 308 g/mol. The largest absolute Gasteiger partial charge is 0.390 e. The van der Waals surface area contributed by atoms with Crippen LogP contribution in [-0.4, -0.2) is 39.5 Å². The Morgan fingerprint density at radius 3 is 2.68 bits per heavy atom. The summed E-state index contributed by atoms with van der Waals surface area (Å²) in [7, 11) is 0. The third kappa shape index (κ3) is 3.33. The Bertz CT molecular complexity index is 510. The van der Waals surface area contributed by atoms with Crippen LogP contribution < -0.4 is 5.32 Å². The molecule has 0 unspecified atom stereocenters. The first-order valence-electron chi connectivity index (χ1n) is 8.29. The summed E-state index contributed by atoms with van der Waals surface area (Å²) in [6, 6.07) is 1.29. The van der Waals surface area contributed by atoms with Gasteiger partial charge in [-0.25, -0.2) is 0 Å². The predicted octanol–water partition coefficient (Wildman–Crippen LogP) is 1.73. The molecule has 2 saturated carbocycles. The molecule has 6 heteroatoms. The molecule has 6 nitrogen and oxygen atoms in total. The molecular formula is C16H24N2O4. The van der Waals surface area contributed by atoms with Crippen LogP contribution in [0.2, 0.25) is 0 Å². The van der Waals surface area contributed by atoms with E-state index >= 15 is 0 Å². The molecule has 0 saturated heterocycles. The fourth-order valence-corrected chi connectivity index (χ4v) is 3.54. The molecule has 122 valence electrons. The van der Waals surface area contributed by atoms with Crippen molar-refractivity contribution in [2.75, 3.05) is 0 Å². The van der Waals surface area contributed by atoms with Crippen LogP contribution in [0.1, 0.15) is 73.5 Å². The lowest BCUT2D eigenvalue weighted by atomic mass is 9.87. The summed E-state index contributed by atoms with van der Waals surface area (Å²) >= 11 is 0. The Morgan fingerprint density at radius 2 is 1.91 bits per heavy atom. The van der Waals surface area contributed by atoms with Gasteiger partial charge in [-0.2, -0.15) is 0 Å². The first-order chi connectivity index (χ1) is 10.6. The second kappa shape index (κ2) is 6.79. The van der Waals surface area contributed by atoms with Crippen molar-refractivity contribution in [3.63, 3.8) is 0 Å². The van der Waals surface area contributed by atoms with E-state index in [9.17, 15) is 15.0 Å². The van der Waals surface area contributed by atoms with Crippen LogP contribution in [0.5, 0.6) is 0 Å².